The van der Waals surface area contributed by atoms with Crippen LogP contribution in [-0.4, -0.2) is 50.2 Å². The van der Waals surface area contributed by atoms with Crippen molar-refractivity contribution in [1.82, 2.24) is 0 Å². The Morgan fingerprint density at radius 2 is 1.58 bits per heavy atom. The second kappa shape index (κ2) is 14.5. The summed E-state index contributed by atoms with van der Waals surface area (Å²) in [7, 11) is 5.76. The Bertz CT molecular complexity index is 449. The van der Waals surface area contributed by atoms with Gasteiger partial charge in [0.25, 0.3) is 0 Å². The van der Waals surface area contributed by atoms with Crippen LogP contribution >= 0.6 is 0 Å². The summed E-state index contributed by atoms with van der Waals surface area (Å²) in [4.78, 5) is 22.6. The van der Waals surface area contributed by atoms with Crippen molar-refractivity contribution in [3.8, 4) is 0 Å². The first-order valence-corrected chi connectivity index (χ1v) is 9.77. The van der Waals surface area contributed by atoms with E-state index in [1.54, 1.807) is 6.08 Å². The molecule has 0 unspecified atom stereocenters. The Balaban J connectivity index is 3.98. The van der Waals surface area contributed by atoms with E-state index in [1.165, 1.54) is 31.8 Å². The summed E-state index contributed by atoms with van der Waals surface area (Å²) in [6.45, 7) is 2.64. The van der Waals surface area contributed by atoms with Gasteiger partial charge in [0, 0.05) is 18.5 Å². The number of likely N-dealkylation sites (N-methyl/N-ethyl adjacent to an activating group) is 1. The topological polar surface area (TPSA) is 66.4 Å². The van der Waals surface area contributed by atoms with Gasteiger partial charge in [-0.1, -0.05) is 44.4 Å². The third kappa shape index (κ3) is 17.2. The number of hydrogen-bond donors (Lipinski definition) is 0. The minimum absolute atomic E-state index is 0.280. The SMILES string of the molecule is CCCCCC/C=C\CCC/C=C/C(=O)O[C@H](CC(=O)[O-])C[N+](C)(C)C. The largest absolute Gasteiger partial charge is 0.550 e. The maximum absolute atomic E-state index is 11.8. The van der Waals surface area contributed by atoms with Crippen LogP contribution in [0.4, 0.5) is 0 Å². The normalized spacial score (nSPS) is 13.4. The molecule has 0 saturated heterocycles. The average Bonchev–Trinajstić information content (AvgIpc) is 2.50. The molecule has 0 aliphatic heterocycles. The van der Waals surface area contributed by atoms with E-state index >= 15 is 0 Å². The predicted molar refractivity (Wildman–Crippen MR) is 103 cm³/mol. The zero-order chi connectivity index (χ0) is 19.8. The summed E-state index contributed by atoms with van der Waals surface area (Å²) < 4.78 is 5.77. The lowest BCUT2D eigenvalue weighted by Gasteiger charge is -2.29. The number of carboxylic acids is 1. The quantitative estimate of drug-likeness (QED) is 0.147. The number of hydrogen-bond acceptors (Lipinski definition) is 4. The zero-order valence-corrected chi connectivity index (χ0v) is 17.0. The first-order valence-electron chi connectivity index (χ1n) is 9.77. The highest BCUT2D eigenvalue weighted by atomic mass is 16.5. The van der Waals surface area contributed by atoms with Crippen molar-refractivity contribution in [1.29, 1.82) is 0 Å². The lowest BCUT2D eigenvalue weighted by molar-refractivity contribution is -0.873. The van der Waals surface area contributed by atoms with Gasteiger partial charge in [-0.05, 0) is 32.1 Å². The van der Waals surface area contributed by atoms with Crippen LogP contribution in [0, 0.1) is 0 Å². The summed E-state index contributed by atoms with van der Waals surface area (Å²) >= 11 is 0. The molecule has 5 nitrogen and oxygen atoms in total. The number of carbonyl (C=O) groups is 2. The van der Waals surface area contributed by atoms with Crippen molar-refractivity contribution in [3.63, 3.8) is 0 Å². The smallest absolute Gasteiger partial charge is 0.330 e. The van der Waals surface area contributed by atoms with Gasteiger partial charge in [0.15, 0.2) is 6.10 Å². The van der Waals surface area contributed by atoms with Crippen LogP contribution in [0.15, 0.2) is 24.3 Å². The van der Waals surface area contributed by atoms with Crippen LogP contribution in [-0.2, 0) is 14.3 Å². The minimum Gasteiger partial charge on any atom is -0.550 e. The molecule has 5 heteroatoms. The third-order valence-electron chi connectivity index (χ3n) is 3.82. The van der Waals surface area contributed by atoms with Gasteiger partial charge in [0.05, 0.1) is 21.1 Å². The number of nitrogens with zero attached hydrogens (tertiary/aromatic N) is 1. The first kappa shape index (κ1) is 24.4. The van der Waals surface area contributed by atoms with Crippen molar-refractivity contribution in [2.75, 3.05) is 27.7 Å². The molecule has 0 aromatic carbocycles. The van der Waals surface area contributed by atoms with E-state index in [0.717, 1.165) is 25.7 Å². The number of ether oxygens (including phenoxy) is 1. The molecule has 150 valence electrons. The van der Waals surface area contributed by atoms with E-state index in [4.69, 9.17) is 4.74 Å². The van der Waals surface area contributed by atoms with Crippen LogP contribution in [0.1, 0.15) is 64.7 Å². The summed E-state index contributed by atoms with van der Waals surface area (Å²) in [5.74, 6) is -1.70. The molecule has 0 radical (unpaired) electrons. The van der Waals surface area contributed by atoms with Gasteiger partial charge in [-0.15, -0.1) is 0 Å². The summed E-state index contributed by atoms with van der Waals surface area (Å²) in [5, 5.41) is 10.8. The van der Waals surface area contributed by atoms with Crippen molar-refractivity contribution in [2.24, 2.45) is 0 Å². The van der Waals surface area contributed by atoms with E-state index in [2.05, 4.69) is 19.1 Å². The molecule has 0 saturated carbocycles. The fourth-order valence-electron chi connectivity index (χ4n) is 2.60. The van der Waals surface area contributed by atoms with Gasteiger partial charge in [0.2, 0.25) is 0 Å². The van der Waals surface area contributed by atoms with Gasteiger partial charge >= 0.3 is 5.97 Å². The predicted octanol–water partition coefficient (Wildman–Crippen LogP) is 3.00. The van der Waals surface area contributed by atoms with Gasteiger partial charge in [-0.3, -0.25) is 0 Å². The molecule has 1 atom stereocenters. The molecule has 0 heterocycles. The lowest BCUT2D eigenvalue weighted by Crippen LogP contribution is -2.45. The van der Waals surface area contributed by atoms with E-state index < -0.39 is 18.0 Å². The fraction of sp³-hybridized carbons (Fsp3) is 0.714. The van der Waals surface area contributed by atoms with E-state index in [-0.39, 0.29) is 6.42 Å². The standard InChI is InChI=1S/C21H37NO4/c1-5-6-7-8-9-10-11-12-13-14-15-16-21(25)26-19(17-20(23)24)18-22(2,3)4/h10-11,15-16,19H,5-9,12-14,17-18H2,1-4H3/b11-10-,16-15+/t19-/m1/s1. The van der Waals surface area contributed by atoms with E-state index in [1.807, 2.05) is 21.1 Å². The lowest BCUT2D eigenvalue weighted by atomic mass is 10.1. The highest BCUT2D eigenvalue weighted by Gasteiger charge is 2.21. The molecule has 0 fully saturated rings. The highest BCUT2D eigenvalue weighted by Crippen LogP contribution is 2.07. The Morgan fingerprint density at radius 3 is 2.15 bits per heavy atom. The fourth-order valence-corrected chi connectivity index (χ4v) is 2.60. The number of allylic oxidation sites excluding steroid dienone is 3. The second-order valence-electron chi connectivity index (χ2n) is 7.76. The van der Waals surface area contributed by atoms with Gasteiger partial charge in [-0.25, -0.2) is 4.79 Å². The summed E-state index contributed by atoms with van der Waals surface area (Å²) in [6.07, 6.45) is 15.8. The monoisotopic (exact) mass is 367 g/mol. The number of carboxylic acid groups (broad SMARTS) is 1. The summed E-state index contributed by atoms with van der Waals surface area (Å²) in [5.41, 5.74) is 0. The average molecular weight is 368 g/mol. The van der Waals surface area contributed by atoms with Crippen LogP contribution in [0.2, 0.25) is 0 Å². The maximum atomic E-state index is 11.8. The van der Waals surface area contributed by atoms with Gasteiger partial charge in [0.1, 0.15) is 6.54 Å². The Morgan fingerprint density at radius 1 is 0.962 bits per heavy atom. The van der Waals surface area contributed by atoms with Gasteiger partial charge < -0.3 is 19.1 Å². The molecule has 0 aromatic heterocycles. The third-order valence-corrected chi connectivity index (χ3v) is 3.82. The Labute approximate surface area is 159 Å². The number of carbonyl (C=O) groups excluding carboxylic acids is 2. The van der Waals surface area contributed by atoms with Crippen LogP contribution < -0.4 is 5.11 Å². The highest BCUT2D eigenvalue weighted by molar-refractivity contribution is 5.82. The van der Waals surface area contributed by atoms with Crippen molar-refractivity contribution in [2.45, 2.75) is 70.8 Å². The molecule has 0 bridgehead atoms. The zero-order valence-electron chi connectivity index (χ0n) is 17.0. The minimum atomic E-state index is -1.21. The molecular weight excluding hydrogens is 330 g/mol. The second-order valence-corrected chi connectivity index (χ2v) is 7.76. The molecule has 0 N–H and O–H groups in total. The van der Waals surface area contributed by atoms with Gasteiger partial charge in [-0.2, -0.15) is 0 Å². The molecule has 0 aliphatic rings. The Hall–Kier alpha value is -1.62. The molecule has 0 aromatic rings. The number of unbranched alkanes of at least 4 members (excludes halogenated alkanes) is 6. The van der Waals surface area contributed by atoms with E-state index in [0.29, 0.717) is 11.0 Å². The van der Waals surface area contributed by atoms with Crippen molar-refractivity contribution in [3.05, 3.63) is 24.3 Å². The van der Waals surface area contributed by atoms with E-state index in [9.17, 15) is 14.7 Å². The molecule has 0 rings (SSSR count). The number of esters is 1. The molecular formula is C21H37NO4. The molecule has 0 amide bonds. The molecule has 0 spiro atoms. The number of quaternary nitrogens is 1. The van der Waals surface area contributed by atoms with Crippen LogP contribution in [0.25, 0.3) is 0 Å². The summed E-state index contributed by atoms with van der Waals surface area (Å²) in [6, 6.07) is 0. The number of rotatable bonds is 15. The van der Waals surface area contributed by atoms with Crippen LogP contribution in [0.5, 0.6) is 0 Å². The number of aliphatic carboxylic acids is 1. The molecule has 0 aliphatic carbocycles. The molecule has 26 heavy (non-hydrogen) atoms. The Kier molecular flexibility index (Phi) is 13.6. The van der Waals surface area contributed by atoms with Crippen molar-refractivity contribution < 1.29 is 23.9 Å². The first-order chi connectivity index (χ1) is 12.2. The maximum Gasteiger partial charge on any atom is 0.330 e. The van der Waals surface area contributed by atoms with Crippen LogP contribution in [0.3, 0.4) is 0 Å². The van der Waals surface area contributed by atoms with Crippen molar-refractivity contribution >= 4 is 11.9 Å².